The third-order valence-corrected chi connectivity index (χ3v) is 3.94. The van der Waals surface area contributed by atoms with E-state index in [4.69, 9.17) is 9.47 Å². The number of benzene rings is 1. The highest BCUT2D eigenvalue weighted by Crippen LogP contribution is 2.20. The van der Waals surface area contributed by atoms with Gasteiger partial charge in [-0.05, 0) is 50.4 Å². The lowest BCUT2D eigenvalue weighted by Gasteiger charge is -2.21. The molecule has 2 rings (SSSR count). The standard InChI is InChI=1S/C18H29NO2/c1-2-20-18-11-6-8-16(14-18)15-19-12-7-13-21-17-9-4-3-5-10-17/h6,8,11,14,17,19H,2-5,7,9-10,12-13,15H2,1H3. The summed E-state index contributed by atoms with van der Waals surface area (Å²) in [5.41, 5.74) is 1.27. The number of rotatable bonds is 9. The van der Waals surface area contributed by atoms with Gasteiger partial charge in [-0.25, -0.2) is 0 Å². The molecule has 0 atom stereocenters. The Balaban J connectivity index is 1.53. The SMILES string of the molecule is CCOc1cccc(CNCCCOC2CCCCC2)c1. The molecule has 1 aromatic rings. The summed E-state index contributed by atoms with van der Waals surface area (Å²) in [7, 11) is 0. The van der Waals surface area contributed by atoms with Gasteiger partial charge < -0.3 is 14.8 Å². The molecule has 1 aromatic carbocycles. The predicted octanol–water partition coefficient (Wildman–Crippen LogP) is 3.91. The molecule has 1 aliphatic rings. The lowest BCUT2D eigenvalue weighted by Crippen LogP contribution is -2.20. The van der Waals surface area contributed by atoms with Crippen LogP contribution in [-0.4, -0.2) is 25.9 Å². The molecule has 0 bridgehead atoms. The molecule has 1 saturated carbocycles. The minimum atomic E-state index is 0.529. The van der Waals surface area contributed by atoms with Crippen LogP contribution >= 0.6 is 0 Å². The molecular formula is C18H29NO2. The van der Waals surface area contributed by atoms with E-state index in [0.717, 1.165) is 38.5 Å². The van der Waals surface area contributed by atoms with Gasteiger partial charge in [0.1, 0.15) is 5.75 Å². The van der Waals surface area contributed by atoms with Crippen LogP contribution in [0.1, 0.15) is 51.0 Å². The lowest BCUT2D eigenvalue weighted by atomic mass is 9.98. The highest BCUT2D eigenvalue weighted by atomic mass is 16.5. The Labute approximate surface area is 129 Å². The van der Waals surface area contributed by atoms with Crippen LogP contribution in [0.3, 0.4) is 0 Å². The van der Waals surface area contributed by atoms with Crippen LogP contribution in [-0.2, 0) is 11.3 Å². The van der Waals surface area contributed by atoms with E-state index in [9.17, 15) is 0 Å². The van der Waals surface area contributed by atoms with Gasteiger partial charge in [-0.2, -0.15) is 0 Å². The fourth-order valence-electron chi connectivity index (χ4n) is 2.82. The zero-order chi connectivity index (χ0) is 14.8. The zero-order valence-electron chi connectivity index (χ0n) is 13.3. The quantitative estimate of drug-likeness (QED) is 0.700. The van der Waals surface area contributed by atoms with Crippen molar-refractivity contribution >= 4 is 0 Å². The Morgan fingerprint density at radius 1 is 1.19 bits per heavy atom. The molecule has 1 fully saturated rings. The molecule has 1 aliphatic carbocycles. The summed E-state index contributed by atoms with van der Waals surface area (Å²) in [6.45, 7) is 5.51. The minimum Gasteiger partial charge on any atom is -0.494 e. The normalized spacial score (nSPS) is 16.0. The van der Waals surface area contributed by atoms with Crippen LogP contribution in [0.2, 0.25) is 0 Å². The van der Waals surface area contributed by atoms with E-state index in [1.54, 1.807) is 0 Å². The van der Waals surface area contributed by atoms with Crippen molar-refractivity contribution in [3.63, 3.8) is 0 Å². The van der Waals surface area contributed by atoms with Crippen LogP contribution in [0, 0.1) is 0 Å². The van der Waals surface area contributed by atoms with Crippen LogP contribution in [0.25, 0.3) is 0 Å². The molecule has 0 spiro atoms. The summed E-state index contributed by atoms with van der Waals surface area (Å²) in [6, 6.07) is 8.29. The summed E-state index contributed by atoms with van der Waals surface area (Å²) in [5.74, 6) is 0.956. The topological polar surface area (TPSA) is 30.5 Å². The first kappa shape index (κ1) is 16.3. The first-order valence-corrected chi connectivity index (χ1v) is 8.42. The van der Waals surface area contributed by atoms with Gasteiger partial charge in [0.2, 0.25) is 0 Å². The maximum Gasteiger partial charge on any atom is 0.119 e. The molecule has 0 saturated heterocycles. The van der Waals surface area contributed by atoms with Crippen molar-refractivity contribution in [3.8, 4) is 5.75 Å². The monoisotopic (exact) mass is 291 g/mol. The highest BCUT2D eigenvalue weighted by Gasteiger charge is 2.12. The zero-order valence-corrected chi connectivity index (χ0v) is 13.3. The number of hydrogen-bond acceptors (Lipinski definition) is 3. The van der Waals surface area contributed by atoms with Crippen molar-refractivity contribution in [2.75, 3.05) is 19.8 Å². The van der Waals surface area contributed by atoms with E-state index in [0.29, 0.717) is 6.10 Å². The molecule has 0 heterocycles. The lowest BCUT2D eigenvalue weighted by molar-refractivity contribution is 0.0273. The Bertz CT molecular complexity index is 389. The molecular weight excluding hydrogens is 262 g/mol. The second kappa shape index (κ2) is 9.80. The van der Waals surface area contributed by atoms with Gasteiger partial charge in [0.05, 0.1) is 12.7 Å². The number of ether oxygens (including phenoxy) is 2. The maximum absolute atomic E-state index is 5.93. The van der Waals surface area contributed by atoms with Crippen LogP contribution in [0.5, 0.6) is 5.75 Å². The Kier molecular flexibility index (Phi) is 7.61. The molecule has 0 amide bonds. The van der Waals surface area contributed by atoms with Crippen LogP contribution < -0.4 is 10.1 Å². The summed E-state index contributed by atoms with van der Waals surface area (Å²) in [5, 5.41) is 3.47. The molecule has 3 nitrogen and oxygen atoms in total. The van der Waals surface area contributed by atoms with E-state index in [2.05, 4.69) is 17.4 Å². The minimum absolute atomic E-state index is 0.529. The molecule has 0 unspecified atom stereocenters. The average Bonchev–Trinajstić information content (AvgIpc) is 2.52. The Morgan fingerprint density at radius 3 is 2.86 bits per heavy atom. The van der Waals surface area contributed by atoms with Crippen molar-refractivity contribution in [3.05, 3.63) is 29.8 Å². The second-order valence-corrected chi connectivity index (χ2v) is 5.74. The van der Waals surface area contributed by atoms with Gasteiger partial charge in [0, 0.05) is 13.2 Å². The first-order valence-electron chi connectivity index (χ1n) is 8.42. The van der Waals surface area contributed by atoms with Gasteiger partial charge in [-0.15, -0.1) is 0 Å². The summed E-state index contributed by atoms with van der Waals surface area (Å²) < 4.78 is 11.4. The van der Waals surface area contributed by atoms with Crippen molar-refractivity contribution in [1.29, 1.82) is 0 Å². The number of hydrogen-bond donors (Lipinski definition) is 1. The van der Waals surface area contributed by atoms with Gasteiger partial charge in [0.15, 0.2) is 0 Å². The molecule has 21 heavy (non-hydrogen) atoms. The predicted molar refractivity (Wildman–Crippen MR) is 86.8 cm³/mol. The van der Waals surface area contributed by atoms with Crippen molar-refractivity contribution in [1.82, 2.24) is 5.32 Å². The molecule has 0 radical (unpaired) electrons. The average molecular weight is 291 g/mol. The summed E-state index contributed by atoms with van der Waals surface area (Å²) in [4.78, 5) is 0. The van der Waals surface area contributed by atoms with E-state index in [1.807, 2.05) is 19.1 Å². The van der Waals surface area contributed by atoms with Crippen LogP contribution in [0.15, 0.2) is 24.3 Å². The van der Waals surface area contributed by atoms with Crippen LogP contribution in [0.4, 0.5) is 0 Å². The largest absolute Gasteiger partial charge is 0.494 e. The smallest absolute Gasteiger partial charge is 0.119 e. The summed E-state index contributed by atoms with van der Waals surface area (Å²) >= 11 is 0. The highest BCUT2D eigenvalue weighted by molar-refractivity contribution is 5.28. The van der Waals surface area contributed by atoms with Crippen molar-refractivity contribution in [2.45, 2.75) is 58.1 Å². The number of nitrogens with one attached hydrogen (secondary N) is 1. The molecule has 3 heteroatoms. The van der Waals surface area contributed by atoms with Gasteiger partial charge in [-0.3, -0.25) is 0 Å². The van der Waals surface area contributed by atoms with E-state index >= 15 is 0 Å². The second-order valence-electron chi connectivity index (χ2n) is 5.74. The first-order chi connectivity index (χ1) is 10.4. The Morgan fingerprint density at radius 2 is 2.05 bits per heavy atom. The third kappa shape index (κ3) is 6.49. The van der Waals surface area contributed by atoms with Crippen molar-refractivity contribution < 1.29 is 9.47 Å². The summed E-state index contributed by atoms with van der Waals surface area (Å²) in [6.07, 6.45) is 8.22. The fourth-order valence-corrected chi connectivity index (χ4v) is 2.82. The van der Waals surface area contributed by atoms with Gasteiger partial charge in [-0.1, -0.05) is 31.4 Å². The molecule has 0 aliphatic heterocycles. The molecule has 1 N–H and O–H groups in total. The molecule has 0 aromatic heterocycles. The van der Waals surface area contributed by atoms with Gasteiger partial charge >= 0.3 is 0 Å². The van der Waals surface area contributed by atoms with Gasteiger partial charge in [0.25, 0.3) is 0 Å². The molecule has 118 valence electrons. The van der Waals surface area contributed by atoms with E-state index < -0.39 is 0 Å². The Hall–Kier alpha value is -1.06. The fraction of sp³-hybridized carbons (Fsp3) is 0.667. The maximum atomic E-state index is 5.93. The third-order valence-electron chi connectivity index (χ3n) is 3.94. The van der Waals surface area contributed by atoms with Crippen molar-refractivity contribution in [2.24, 2.45) is 0 Å². The van der Waals surface area contributed by atoms with E-state index in [-0.39, 0.29) is 0 Å². The van der Waals surface area contributed by atoms with E-state index in [1.165, 1.54) is 37.7 Å².